The lowest BCUT2D eigenvalue weighted by molar-refractivity contribution is 0.0638. The van der Waals surface area contributed by atoms with Crippen LogP contribution in [0.2, 0.25) is 0 Å². The van der Waals surface area contributed by atoms with Crippen LogP contribution in [-0.4, -0.2) is 45.0 Å². The molecule has 4 aromatic rings. The minimum absolute atomic E-state index is 0.120. The van der Waals surface area contributed by atoms with Gasteiger partial charge in [-0.05, 0) is 68.5 Å². The predicted molar refractivity (Wildman–Crippen MR) is 136 cm³/mol. The van der Waals surface area contributed by atoms with E-state index in [2.05, 4.69) is 4.98 Å². The predicted octanol–water partition coefficient (Wildman–Crippen LogP) is 5.91. The zero-order chi connectivity index (χ0) is 24.9. The van der Waals surface area contributed by atoms with Crippen LogP contribution in [0.15, 0.2) is 47.8 Å². The zero-order valence-electron chi connectivity index (χ0n) is 20.4. The average molecular weight is 491 g/mol. The number of rotatable bonds is 4. The van der Waals surface area contributed by atoms with Crippen molar-refractivity contribution >= 4 is 17.2 Å². The number of ether oxygens (including phenoxy) is 1. The van der Waals surface area contributed by atoms with Crippen molar-refractivity contribution in [3.05, 3.63) is 65.2 Å². The number of thiophene rings is 1. The molecule has 0 spiro atoms. The van der Waals surface area contributed by atoms with Crippen molar-refractivity contribution in [1.82, 2.24) is 19.4 Å². The lowest BCUT2D eigenvalue weighted by Crippen LogP contribution is -2.43. The van der Waals surface area contributed by atoms with Gasteiger partial charge in [-0.1, -0.05) is 12.1 Å². The summed E-state index contributed by atoms with van der Waals surface area (Å²) in [5, 5.41) is 2.00. The summed E-state index contributed by atoms with van der Waals surface area (Å²) >= 11 is 1.59. The fourth-order valence-corrected chi connectivity index (χ4v) is 5.07. The Labute approximate surface area is 208 Å². The van der Waals surface area contributed by atoms with Gasteiger partial charge in [0.05, 0.1) is 23.4 Å². The van der Waals surface area contributed by atoms with Crippen LogP contribution in [0.3, 0.4) is 0 Å². The molecule has 0 aliphatic carbocycles. The van der Waals surface area contributed by atoms with Gasteiger partial charge in [0, 0.05) is 30.3 Å². The summed E-state index contributed by atoms with van der Waals surface area (Å²) < 4.78 is 21.7. The summed E-state index contributed by atoms with van der Waals surface area (Å²) in [5.41, 5.74) is 4.54. The summed E-state index contributed by atoms with van der Waals surface area (Å²) in [6.07, 6.45) is 0.718. The van der Waals surface area contributed by atoms with Crippen molar-refractivity contribution in [2.75, 3.05) is 14.2 Å². The molecule has 5 rings (SSSR count). The van der Waals surface area contributed by atoms with Crippen molar-refractivity contribution in [3.63, 3.8) is 0 Å². The number of amides is 1. The van der Waals surface area contributed by atoms with E-state index in [1.54, 1.807) is 35.5 Å². The average Bonchev–Trinajstić information content (AvgIpc) is 3.49. The van der Waals surface area contributed by atoms with Crippen molar-refractivity contribution in [1.29, 1.82) is 0 Å². The van der Waals surface area contributed by atoms with Gasteiger partial charge in [0.2, 0.25) is 5.95 Å². The molecule has 0 bridgehead atoms. The monoisotopic (exact) mass is 490 g/mol. The standard InChI is InChI=1S/C27H27FN4O2S/c1-27(2,3)31(4)26(33)25-30-23(21-9-7-13-35-21)24-17-15-18(19-8-6-10-22(28)29-19)20(34-5)14-16(17)11-12-32(24)25/h6-10,13-15H,11-12H2,1-5H3. The van der Waals surface area contributed by atoms with E-state index in [0.717, 1.165) is 33.8 Å². The van der Waals surface area contributed by atoms with Crippen LogP contribution in [0, 0.1) is 5.95 Å². The van der Waals surface area contributed by atoms with E-state index in [-0.39, 0.29) is 11.4 Å². The molecule has 35 heavy (non-hydrogen) atoms. The minimum Gasteiger partial charge on any atom is -0.496 e. The summed E-state index contributed by atoms with van der Waals surface area (Å²) in [6, 6.07) is 12.7. The summed E-state index contributed by atoms with van der Waals surface area (Å²) in [7, 11) is 3.41. The fourth-order valence-electron chi connectivity index (χ4n) is 4.36. The van der Waals surface area contributed by atoms with E-state index in [1.807, 2.05) is 62.0 Å². The first-order chi connectivity index (χ1) is 16.7. The number of methoxy groups -OCH3 is 1. The molecule has 0 fully saturated rings. The van der Waals surface area contributed by atoms with Gasteiger partial charge in [-0.2, -0.15) is 4.39 Å². The van der Waals surface area contributed by atoms with Crippen LogP contribution >= 0.6 is 11.3 Å². The lowest BCUT2D eigenvalue weighted by atomic mass is 9.93. The highest BCUT2D eigenvalue weighted by atomic mass is 32.1. The number of fused-ring (bicyclic) bond motifs is 3. The van der Waals surface area contributed by atoms with Gasteiger partial charge in [0.25, 0.3) is 5.91 Å². The highest BCUT2D eigenvalue weighted by Gasteiger charge is 2.33. The Morgan fingerprint density at radius 3 is 2.60 bits per heavy atom. The SMILES string of the molecule is COc1cc2c(cc1-c1cccc(F)n1)-c1c(-c3cccs3)nc(C(=O)N(C)C(C)(C)C)n1CC2. The Morgan fingerprint density at radius 1 is 1.14 bits per heavy atom. The molecule has 0 saturated carbocycles. The van der Waals surface area contributed by atoms with E-state index < -0.39 is 5.95 Å². The Hall–Kier alpha value is -3.52. The molecule has 1 aliphatic rings. The molecule has 1 aliphatic heterocycles. The number of carbonyl (C=O) groups excluding carboxylic acids is 1. The third kappa shape index (κ3) is 4.01. The molecule has 1 aromatic carbocycles. The van der Waals surface area contributed by atoms with Crippen LogP contribution in [0.4, 0.5) is 4.39 Å². The molecule has 0 saturated heterocycles. The number of benzene rings is 1. The Balaban J connectivity index is 1.75. The summed E-state index contributed by atoms with van der Waals surface area (Å²) in [6.45, 7) is 6.64. The molecule has 6 nitrogen and oxygen atoms in total. The van der Waals surface area contributed by atoms with Gasteiger partial charge in [-0.25, -0.2) is 9.97 Å². The number of nitrogens with zero attached hydrogens (tertiary/aromatic N) is 4. The maximum atomic E-state index is 14.0. The second-order valence-electron chi connectivity index (χ2n) is 9.60. The first-order valence-electron chi connectivity index (χ1n) is 11.5. The molecule has 1 amide bonds. The van der Waals surface area contributed by atoms with Crippen molar-refractivity contribution in [2.45, 2.75) is 39.3 Å². The number of halogens is 1. The first kappa shape index (κ1) is 23.2. The molecular formula is C27H27FN4O2S. The third-order valence-corrected chi connectivity index (χ3v) is 7.38. The van der Waals surface area contributed by atoms with Gasteiger partial charge in [-0.15, -0.1) is 11.3 Å². The molecule has 3 aromatic heterocycles. The number of carbonyl (C=O) groups is 1. The normalized spacial score (nSPS) is 12.7. The molecule has 0 unspecified atom stereocenters. The van der Waals surface area contributed by atoms with Gasteiger partial charge in [0.1, 0.15) is 11.4 Å². The second-order valence-corrected chi connectivity index (χ2v) is 10.5. The van der Waals surface area contributed by atoms with Crippen molar-refractivity contribution in [3.8, 4) is 38.8 Å². The molecule has 0 radical (unpaired) electrons. The van der Waals surface area contributed by atoms with Crippen molar-refractivity contribution in [2.24, 2.45) is 0 Å². The number of hydrogen-bond acceptors (Lipinski definition) is 5. The molecule has 8 heteroatoms. The lowest BCUT2D eigenvalue weighted by Gasteiger charge is -2.32. The third-order valence-electron chi connectivity index (χ3n) is 6.50. The van der Waals surface area contributed by atoms with Crippen LogP contribution in [0.5, 0.6) is 5.75 Å². The molecule has 0 atom stereocenters. The van der Waals surface area contributed by atoms with Gasteiger partial charge in [0.15, 0.2) is 5.82 Å². The Kier molecular flexibility index (Phi) is 5.71. The van der Waals surface area contributed by atoms with E-state index in [1.165, 1.54) is 6.07 Å². The van der Waals surface area contributed by atoms with Crippen molar-refractivity contribution < 1.29 is 13.9 Å². The molecular weight excluding hydrogens is 463 g/mol. The zero-order valence-corrected chi connectivity index (χ0v) is 21.2. The van der Waals surface area contributed by atoms with Gasteiger partial charge in [-0.3, -0.25) is 4.79 Å². The van der Waals surface area contributed by atoms with Gasteiger partial charge < -0.3 is 14.2 Å². The first-order valence-corrected chi connectivity index (χ1v) is 12.3. The molecule has 0 N–H and O–H groups in total. The fraction of sp³-hybridized carbons (Fsp3) is 0.296. The second kappa shape index (κ2) is 8.61. The van der Waals surface area contributed by atoms with Crippen LogP contribution in [0.25, 0.3) is 33.1 Å². The van der Waals surface area contributed by atoms with Crippen LogP contribution in [0.1, 0.15) is 37.0 Å². The Bertz CT molecular complexity index is 1420. The number of aryl methyl sites for hydroxylation is 1. The molecule has 4 heterocycles. The Morgan fingerprint density at radius 2 is 1.94 bits per heavy atom. The highest BCUT2D eigenvalue weighted by Crippen LogP contribution is 2.44. The summed E-state index contributed by atoms with van der Waals surface area (Å²) in [5.74, 6) is 0.388. The number of imidazole rings is 1. The number of hydrogen-bond donors (Lipinski definition) is 0. The topological polar surface area (TPSA) is 60.3 Å². The van der Waals surface area contributed by atoms with Crippen LogP contribution in [-0.2, 0) is 13.0 Å². The number of pyridine rings is 1. The van der Waals surface area contributed by atoms with E-state index in [4.69, 9.17) is 9.72 Å². The summed E-state index contributed by atoms with van der Waals surface area (Å²) in [4.78, 5) is 25.3. The highest BCUT2D eigenvalue weighted by molar-refractivity contribution is 7.13. The van der Waals surface area contributed by atoms with Gasteiger partial charge >= 0.3 is 0 Å². The van der Waals surface area contributed by atoms with E-state index in [0.29, 0.717) is 29.4 Å². The van der Waals surface area contributed by atoms with E-state index in [9.17, 15) is 9.18 Å². The maximum Gasteiger partial charge on any atom is 0.290 e. The van der Waals surface area contributed by atoms with E-state index >= 15 is 0 Å². The quantitative estimate of drug-likeness (QED) is 0.334. The van der Waals surface area contributed by atoms with Crippen LogP contribution < -0.4 is 4.74 Å². The molecule has 180 valence electrons. The number of aromatic nitrogens is 3. The minimum atomic E-state index is -0.551. The smallest absolute Gasteiger partial charge is 0.290 e. The maximum absolute atomic E-state index is 14.0. The largest absolute Gasteiger partial charge is 0.496 e.